The van der Waals surface area contributed by atoms with Gasteiger partial charge in [-0.1, -0.05) is 33.8 Å². The maximum absolute atomic E-state index is 11.8. The molecule has 32 heavy (non-hydrogen) atoms. The Hall–Kier alpha value is -2.51. The average Bonchev–Trinajstić information content (AvgIpc) is 3.16. The number of anilines is 2. The maximum Gasteiger partial charge on any atom is 0.319 e. The van der Waals surface area contributed by atoms with Crippen LogP contribution in [0.3, 0.4) is 0 Å². The van der Waals surface area contributed by atoms with Crippen molar-refractivity contribution >= 4 is 40.5 Å². The number of urea groups is 1. The molecule has 0 fully saturated rings. The molecule has 2 aromatic carbocycles. The van der Waals surface area contributed by atoms with E-state index < -0.39 is 0 Å². The van der Waals surface area contributed by atoms with Crippen LogP contribution in [-0.4, -0.2) is 23.3 Å². The highest BCUT2D eigenvalue weighted by atomic mass is 32.2. The van der Waals surface area contributed by atoms with Crippen molar-refractivity contribution in [2.45, 2.75) is 52.5 Å². The lowest BCUT2D eigenvalue weighted by atomic mass is 10.0. The van der Waals surface area contributed by atoms with Gasteiger partial charge in [0.1, 0.15) is 5.01 Å². The first-order chi connectivity index (χ1) is 15.0. The fraction of sp³-hybridized carbons (Fsp3) is 0.360. The molecule has 0 atom stereocenters. The van der Waals surface area contributed by atoms with Gasteiger partial charge in [0.05, 0.1) is 4.88 Å². The van der Waals surface area contributed by atoms with Crippen LogP contribution >= 0.6 is 23.1 Å². The van der Waals surface area contributed by atoms with E-state index in [2.05, 4.69) is 43.3 Å². The largest absolute Gasteiger partial charge is 0.399 e. The van der Waals surface area contributed by atoms with Gasteiger partial charge in [-0.2, -0.15) is 0 Å². The van der Waals surface area contributed by atoms with E-state index in [1.165, 1.54) is 0 Å². The molecule has 172 valence electrons. The molecule has 0 radical (unpaired) electrons. The third-order valence-electron chi connectivity index (χ3n) is 3.81. The molecule has 3 aromatic rings. The van der Waals surface area contributed by atoms with Gasteiger partial charge in [0.15, 0.2) is 0 Å². The third-order valence-corrected chi connectivity index (χ3v) is 5.66. The van der Waals surface area contributed by atoms with Crippen LogP contribution in [0.2, 0.25) is 0 Å². The summed E-state index contributed by atoms with van der Waals surface area (Å²) in [5.74, 6) is 0. The highest BCUT2D eigenvalue weighted by Crippen LogP contribution is 2.37. The van der Waals surface area contributed by atoms with Crippen molar-refractivity contribution < 1.29 is 4.79 Å². The minimum atomic E-state index is -0.206. The summed E-state index contributed by atoms with van der Waals surface area (Å²) in [4.78, 5) is 18.6. The second-order valence-electron chi connectivity index (χ2n) is 9.32. The summed E-state index contributed by atoms with van der Waals surface area (Å²) in [5.41, 5.74) is 10.1. The third kappa shape index (κ3) is 8.55. The Balaban J connectivity index is 0.000000654. The molecule has 0 spiro atoms. The number of nitrogens with two attached hydrogens (primary N) is 1. The molecular weight excluding hydrogens is 436 g/mol. The predicted molar refractivity (Wildman–Crippen MR) is 142 cm³/mol. The highest BCUT2D eigenvalue weighted by molar-refractivity contribution is 7.98. The van der Waals surface area contributed by atoms with Gasteiger partial charge in [-0.25, -0.2) is 9.78 Å². The van der Waals surface area contributed by atoms with Gasteiger partial charge in [0.2, 0.25) is 0 Å². The molecule has 0 saturated heterocycles. The lowest BCUT2D eigenvalue weighted by molar-refractivity contribution is 0.250. The van der Waals surface area contributed by atoms with Gasteiger partial charge in [-0.3, -0.25) is 0 Å². The summed E-state index contributed by atoms with van der Waals surface area (Å²) in [7, 11) is 0. The number of aromatic nitrogens is 1. The summed E-state index contributed by atoms with van der Waals surface area (Å²) in [5, 5.41) is 6.56. The van der Waals surface area contributed by atoms with E-state index in [0.717, 1.165) is 37.3 Å². The van der Waals surface area contributed by atoms with E-state index >= 15 is 0 Å². The molecule has 3 rings (SSSR count). The number of nitrogens with one attached hydrogen (secondary N) is 2. The van der Waals surface area contributed by atoms with Crippen LogP contribution in [0, 0.1) is 5.41 Å². The zero-order valence-electron chi connectivity index (χ0n) is 19.9. The number of nitrogen functional groups attached to an aromatic ring is 1. The summed E-state index contributed by atoms with van der Waals surface area (Å²) < 4.78 is 0. The molecule has 7 heteroatoms. The number of amides is 2. The number of thiazole rings is 1. The van der Waals surface area contributed by atoms with Crippen molar-refractivity contribution in [3.8, 4) is 21.0 Å². The Morgan fingerprint density at radius 1 is 1.09 bits per heavy atom. The lowest BCUT2D eigenvalue weighted by Crippen LogP contribution is -2.34. The monoisotopic (exact) mass is 470 g/mol. The zero-order chi connectivity index (χ0) is 23.9. The summed E-state index contributed by atoms with van der Waals surface area (Å²) in [6.45, 7) is 12.6. The molecule has 1 heterocycles. The first-order valence-corrected chi connectivity index (χ1v) is 12.6. The number of carbonyl (C=O) groups excluding carboxylic acids is 1. The molecule has 4 N–H and O–H groups in total. The molecule has 2 amide bonds. The van der Waals surface area contributed by atoms with Crippen LogP contribution in [0.5, 0.6) is 0 Å². The number of nitrogens with zero attached hydrogens (tertiary/aromatic N) is 1. The van der Waals surface area contributed by atoms with E-state index in [0.29, 0.717) is 5.41 Å². The second-order valence-corrected chi connectivity index (χ2v) is 11.2. The van der Waals surface area contributed by atoms with Crippen molar-refractivity contribution in [2.24, 2.45) is 5.41 Å². The van der Waals surface area contributed by atoms with Crippen molar-refractivity contribution in [3.63, 3.8) is 0 Å². The van der Waals surface area contributed by atoms with Gasteiger partial charge in [0, 0.05) is 39.6 Å². The zero-order valence-corrected chi connectivity index (χ0v) is 21.6. The standard InChI is InChI=1S/C20H22N4OS2.C5H12/c1-12(2)23-20(25)24-15-7-4-13(5-8-15)19-22-11-18(27-19)16-9-6-14(21)10-17(16)26-3;1-5(2,3)4/h4-12H,21H2,1-3H3,(H2,23,24,25);1-4H3. The second kappa shape index (κ2) is 11.4. The van der Waals surface area contributed by atoms with Crippen LogP contribution in [0.15, 0.2) is 53.6 Å². The highest BCUT2D eigenvalue weighted by Gasteiger charge is 2.11. The first-order valence-electron chi connectivity index (χ1n) is 10.5. The Kier molecular flexibility index (Phi) is 9.16. The van der Waals surface area contributed by atoms with Crippen LogP contribution in [0.1, 0.15) is 41.5 Å². The molecule has 0 aliphatic rings. The Morgan fingerprint density at radius 3 is 2.28 bits per heavy atom. The van der Waals surface area contributed by atoms with Gasteiger partial charge >= 0.3 is 6.03 Å². The fourth-order valence-corrected chi connectivity index (χ4v) is 4.25. The predicted octanol–water partition coefficient (Wildman–Crippen LogP) is 7.36. The normalized spacial score (nSPS) is 11.0. The quantitative estimate of drug-likeness (QED) is 0.269. The smallest absolute Gasteiger partial charge is 0.319 e. The number of benzene rings is 2. The van der Waals surface area contributed by atoms with E-state index in [1.807, 2.05) is 68.8 Å². The first kappa shape index (κ1) is 25.7. The van der Waals surface area contributed by atoms with Crippen LogP contribution < -0.4 is 16.4 Å². The van der Waals surface area contributed by atoms with Crippen LogP contribution in [0.25, 0.3) is 21.0 Å². The van der Waals surface area contributed by atoms with Crippen molar-refractivity contribution in [3.05, 3.63) is 48.7 Å². The van der Waals surface area contributed by atoms with Crippen LogP contribution in [0.4, 0.5) is 16.2 Å². The summed E-state index contributed by atoms with van der Waals surface area (Å²) in [6, 6.07) is 13.5. The van der Waals surface area contributed by atoms with Crippen molar-refractivity contribution in [2.75, 3.05) is 17.3 Å². The van der Waals surface area contributed by atoms with Crippen molar-refractivity contribution in [1.82, 2.24) is 10.3 Å². The molecule has 0 aliphatic heterocycles. The van der Waals surface area contributed by atoms with E-state index in [4.69, 9.17) is 5.73 Å². The molecule has 5 nitrogen and oxygen atoms in total. The lowest BCUT2D eigenvalue weighted by Gasteiger charge is -2.10. The number of rotatable bonds is 5. The molecule has 0 aliphatic carbocycles. The van der Waals surface area contributed by atoms with E-state index in [1.54, 1.807) is 23.1 Å². The number of hydrogen-bond donors (Lipinski definition) is 3. The SMILES string of the molecule is CC(C)(C)C.CSc1cc(N)ccc1-c1cnc(-c2ccc(NC(=O)NC(C)C)cc2)s1. The minimum absolute atomic E-state index is 0.0949. The number of hydrogen-bond acceptors (Lipinski definition) is 5. The molecular formula is C25H34N4OS2. The Labute approximate surface area is 200 Å². The fourth-order valence-electron chi connectivity index (χ4n) is 2.57. The van der Waals surface area contributed by atoms with E-state index in [-0.39, 0.29) is 12.1 Å². The minimum Gasteiger partial charge on any atom is -0.399 e. The van der Waals surface area contributed by atoms with E-state index in [9.17, 15) is 4.79 Å². The Morgan fingerprint density at radius 2 is 1.72 bits per heavy atom. The van der Waals surface area contributed by atoms with Gasteiger partial charge < -0.3 is 16.4 Å². The number of carbonyl (C=O) groups is 1. The molecule has 0 bridgehead atoms. The van der Waals surface area contributed by atoms with Gasteiger partial charge in [-0.05, 0) is 61.9 Å². The molecule has 1 aromatic heterocycles. The molecule has 0 saturated carbocycles. The molecule has 0 unspecified atom stereocenters. The average molecular weight is 471 g/mol. The maximum atomic E-state index is 11.8. The Bertz CT molecular complexity index is 1020. The summed E-state index contributed by atoms with van der Waals surface area (Å²) >= 11 is 3.31. The topological polar surface area (TPSA) is 80.0 Å². The number of thioether (sulfide) groups is 1. The van der Waals surface area contributed by atoms with Crippen LogP contribution in [-0.2, 0) is 0 Å². The van der Waals surface area contributed by atoms with Gasteiger partial charge in [-0.15, -0.1) is 23.1 Å². The van der Waals surface area contributed by atoms with Crippen molar-refractivity contribution in [1.29, 1.82) is 0 Å². The summed E-state index contributed by atoms with van der Waals surface area (Å²) in [6.07, 6.45) is 3.94. The van der Waals surface area contributed by atoms with Gasteiger partial charge in [0.25, 0.3) is 0 Å².